The van der Waals surface area contributed by atoms with Crippen LogP contribution in [0.3, 0.4) is 0 Å². The van der Waals surface area contributed by atoms with Crippen molar-refractivity contribution in [1.82, 2.24) is 0 Å². The molecule has 0 fully saturated rings. The van der Waals surface area contributed by atoms with E-state index in [4.69, 9.17) is 9.47 Å². The summed E-state index contributed by atoms with van der Waals surface area (Å²) in [5.74, 6) is -0.435. The zero-order valence-corrected chi connectivity index (χ0v) is 11.6. The van der Waals surface area contributed by atoms with E-state index in [1.54, 1.807) is 12.2 Å². The lowest BCUT2D eigenvalue weighted by Gasteiger charge is -2.17. The van der Waals surface area contributed by atoms with Gasteiger partial charge in [0.1, 0.15) is 19.0 Å². The molecule has 0 heterocycles. The van der Waals surface area contributed by atoms with E-state index in [1.807, 2.05) is 0 Å². The van der Waals surface area contributed by atoms with Gasteiger partial charge in [0.25, 0.3) is 10.2 Å². The Balaban J connectivity index is 2.57. The van der Waals surface area contributed by atoms with Gasteiger partial charge in [-0.25, -0.2) is 4.79 Å². The molecule has 0 saturated heterocycles. The zero-order valence-electron chi connectivity index (χ0n) is 11.6. The van der Waals surface area contributed by atoms with Crippen molar-refractivity contribution in [2.24, 2.45) is 0 Å². The minimum Gasteiger partial charge on any atom is -0.496 e. The van der Waals surface area contributed by atoms with E-state index in [2.05, 4.69) is 9.68 Å². The number of nitrogens with zero attached hydrogens (tertiary/aromatic N) is 2. The molecule has 0 bridgehead atoms. The van der Waals surface area contributed by atoms with Crippen LogP contribution in [0.1, 0.15) is 12.8 Å². The summed E-state index contributed by atoms with van der Waals surface area (Å²) in [5, 5.41) is 18.1. The summed E-state index contributed by atoms with van der Waals surface area (Å²) in [7, 11) is 1.39. The van der Waals surface area contributed by atoms with E-state index in [1.165, 1.54) is 7.11 Å². The van der Waals surface area contributed by atoms with Gasteiger partial charge in [-0.05, 0) is 18.9 Å². The van der Waals surface area contributed by atoms with Gasteiger partial charge < -0.3 is 19.1 Å². The molecule has 0 saturated carbocycles. The Labute approximate surface area is 124 Å². The first-order valence-corrected chi connectivity index (χ1v) is 6.14. The van der Waals surface area contributed by atoms with Crippen molar-refractivity contribution in [1.29, 1.82) is 0 Å². The molecule has 0 N–H and O–H groups in total. The summed E-state index contributed by atoms with van der Waals surface area (Å²) in [5.41, 5.74) is 0.184. The first kappa shape index (κ1) is 17.2. The van der Waals surface area contributed by atoms with Crippen molar-refractivity contribution in [2.75, 3.05) is 20.3 Å². The average molecular weight is 318 g/mol. The maximum Gasteiger partial charge on any atom is 0.341 e. The van der Waals surface area contributed by atoms with Gasteiger partial charge in [0.15, 0.2) is 6.10 Å². The van der Waals surface area contributed by atoms with Crippen LogP contribution in [0.15, 0.2) is 23.5 Å². The van der Waals surface area contributed by atoms with Crippen molar-refractivity contribution in [3.05, 3.63) is 43.7 Å². The molecular weight excluding hydrogens is 304 g/mol. The predicted octanol–water partition coefficient (Wildman–Crippen LogP) is 0.565. The molecule has 0 aliphatic heterocycles. The molecule has 0 aromatic heterocycles. The lowest BCUT2D eigenvalue weighted by atomic mass is 10.1. The third kappa shape index (κ3) is 5.64. The second-order valence-electron chi connectivity index (χ2n) is 4.04. The Hall–Kier alpha value is -2.85. The van der Waals surface area contributed by atoms with E-state index in [-0.39, 0.29) is 5.57 Å². The zero-order chi connectivity index (χ0) is 16.5. The maximum atomic E-state index is 11.9. The average Bonchev–Trinajstić information content (AvgIpc) is 2.49. The number of carbonyl (C=O) groups excluding carboxylic acids is 1. The number of hydrogen-bond acceptors (Lipinski definition) is 9. The Morgan fingerprint density at radius 3 is 2.50 bits per heavy atom. The topological polar surface area (TPSA) is 140 Å². The van der Waals surface area contributed by atoms with Gasteiger partial charge in [0.05, 0.1) is 12.7 Å². The number of carbonyl (C=O) groups is 1. The van der Waals surface area contributed by atoms with Crippen molar-refractivity contribution < 1.29 is 34.1 Å². The first-order chi connectivity index (χ1) is 10.4. The number of methoxy groups -OCH3 is 1. The molecule has 122 valence electrons. The minimum absolute atomic E-state index is 0.184. The van der Waals surface area contributed by atoms with Crippen LogP contribution in [-0.4, -0.2) is 42.6 Å². The fourth-order valence-electron chi connectivity index (χ4n) is 1.65. The predicted molar refractivity (Wildman–Crippen MR) is 68.2 cm³/mol. The summed E-state index contributed by atoms with van der Waals surface area (Å²) >= 11 is 0. The third-order valence-corrected chi connectivity index (χ3v) is 2.55. The fourth-order valence-corrected chi connectivity index (χ4v) is 1.65. The Morgan fingerprint density at radius 2 is 1.91 bits per heavy atom. The normalized spacial score (nSPS) is 15.0. The van der Waals surface area contributed by atoms with Crippen LogP contribution in [0.25, 0.3) is 0 Å². The molecule has 1 atom stereocenters. The van der Waals surface area contributed by atoms with Gasteiger partial charge in [-0.2, -0.15) is 0 Å². The summed E-state index contributed by atoms with van der Waals surface area (Å²) in [4.78, 5) is 40.4. The number of esters is 1. The van der Waals surface area contributed by atoms with Crippen molar-refractivity contribution in [3.63, 3.8) is 0 Å². The van der Waals surface area contributed by atoms with E-state index < -0.39 is 35.5 Å². The molecule has 1 aliphatic carbocycles. The Morgan fingerprint density at radius 1 is 1.23 bits per heavy atom. The third-order valence-electron chi connectivity index (χ3n) is 2.55. The van der Waals surface area contributed by atoms with Crippen LogP contribution in [0.5, 0.6) is 0 Å². The van der Waals surface area contributed by atoms with E-state index in [9.17, 15) is 25.0 Å². The van der Waals surface area contributed by atoms with Crippen LogP contribution in [0.4, 0.5) is 0 Å². The molecule has 11 heteroatoms. The van der Waals surface area contributed by atoms with E-state index >= 15 is 0 Å². The number of hydrogen-bond donors (Lipinski definition) is 0. The van der Waals surface area contributed by atoms with Gasteiger partial charge in [-0.3, -0.25) is 0 Å². The van der Waals surface area contributed by atoms with Gasteiger partial charge in [-0.15, -0.1) is 20.2 Å². The van der Waals surface area contributed by atoms with Crippen molar-refractivity contribution in [3.8, 4) is 0 Å². The highest BCUT2D eigenvalue weighted by molar-refractivity contribution is 5.93. The minimum atomic E-state index is -1.41. The highest BCUT2D eigenvalue weighted by Gasteiger charge is 2.22. The molecule has 0 spiro atoms. The largest absolute Gasteiger partial charge is 0.496 e. The summed E-state index contributed by atoms with van der Waals surface area (Å²) in [6.45, 7) is -1.32. The molecule has 0 radical (unpaired) electrons. The summed E-state index contributed by atoms with van der Waals surface area (Å²) < 4.78 is 9.86. The molecule has 11 nitrogen and oxygen atoms in total. The highest BCUT2D eigenvalue weighted by Crippen LogP contribution is 2.20. The molecule has 22 heavy (non-hydrogen) atoms. The second kappa shape index (κ2) is 8.44. The molecule has 1 rings (SSSR count). The van der Waals surface area contributed by atoms with Gasteiger partial charge in [0, 0.05) is 0 Å². The molecule has 1 unspecified atom stereocenters. The van der Waals surface area contributed by atoms with E-state index in [0.717, 1.165) is 0 Å². The van der Waals surface area contributed by atoms with Crippen LogP contribution >= 0.6 is 0 Å². The molecule has 1 aliphatic rings. The van der Waals surface area contributed by atoms with Gasteiger partial charge in [0.2, 0.25) is 0 Å². The summed E-state index contributed by atoms with van der Waals surface area (Å²) in [6, 6.07) is 0. The Bertz CT molecular complexity index is 500. The van der Waals surface area contributed by atoms with Crippen molar-refractivity contribution in [2.45, 2.75) is 18.9 Å². The molecule has 0 aromatic rings. The molecular formula is C11H14N2O9. The second-order valence-corrected chi connectivity index (χ2v) is 4.04. The number of allylic oxidation sites excluding steroid dienone is 2. The Kier molecular flexibility index (Phi) is 6.60. The van der Waals surface area contributed by atoms with Gasteiger partial charge >= 0.3 is 5.97 Å². The first-order valence-electron chi connectivity index (χ1n) is 6.14. The smallest absolute Gasteiger partial charge is 0.341 e. The van der Waals surface area contributed by atoms with Crippen molar-refractivity contribution >= 4 is 5.97 Å². The van der Waals surface area contributed by atoms with Crippen LogP contribution in [0.2, 0.25) is 0 Å². The number of rotatable bonds is 9. The molecule has 0 aromatic carbocycles. The van der Waals surface area contributed by atoms with Crippen LogP contribution < -0.4 is 0 Å². The van der Waals surface area contributed by atoms with Crippen LogP contribution in [0, 0.1) is 20.2 Å². The van der Waals surface area contributed by atoms with Gasteiger partial charge in [-0.1, -0.05) is 6.08 Å². The standard InChI is InChI=1S/C11H14N2O9/c1-19-10-5-3-2-4-9(10)11(14)20-6-8(22-13(17)18)7-21-12(15)16/h4-5,8H,2-3,6-7H2,1H3. The number of ether oxygens (including phenoxy) is 2. The lowest BCUT2D eigenvalue weighted by Crippen LogP contribution is -2.31. The van der Waals surface area contributed by atoms with Crippen LogP contribution in [-0.2, 0) is 23.9 Å². The monoisotopic (exact) mass is 318 g/mol. The quantitative estimate of drug-likeness (QED) is 0.338. The SMILES string of the molecule is COC1=CCCC=C1C(=O)OCC(CO[N+](=O)[O-])O[N+](=O)[O-]. The fraction of sp³-hybridized carbons (Fsp3) is 0.545. The van der Waals surface area contributed by atoms with E-state index in [0.29, 0.717) is 18.6 Å². The highest BCUT2D eigenvalue weighted by atomic mass is 17.0. The maximum absolute atomic E-state index is 11.9. The summed E-state index contributed by atoms with van der Waals surface area (Å²) in [6.07, 6.45) is 3.24. The molecule has 0 amide bonds. The lowest BCUT2D eigenvalue weighted by molar-refractivity contribution is -0.790.